The van der Waals surface area contributed by atoms with Crippen LogP contribution in [0.2, 0.25) is 0 Å². The van der Waals surface area contributed by atoms with Crippen LogP contribution in [0.15, 0.2) is 41.9 Å². The molecule has 3 N–H and O–H groups in total. The van der Waals surface area contributed by atoms with E-state index in [0.717, 1.165) is 17.0 Å². The highest BCUT2D eigenvalue weighted by molar-refractivity contribution is 7.09. The molecule has 3 amide bonds. The number of ether oxygens (including phenoxy) is 2. The summed E-state index contributed by atoms with van der Waals surface area (Å²) >= 11 is 1.55. The van der Waals surface area contributed by atoms with Gasteiger partial charge in [0.25, 0.3) is 0 Å². The molecular weight excluding hydrogens is 707 g/mol. The molecule has 302 valence electrons. The standard InChI is InChI=1S/C41H65N5O7S/c1-12-26(2)34(45(9)38(49)36(41(6,7)51)44-39(50)40(4,5)42-8)32(52-10)25-33(48)46-21-16-19-30(46)35(53-11)27(3)31(47)24-29(37-43-20-22-54-37)23-28-17-14-13-15-18-28/h13-15,17-18,20,22,26-27,29-30,32,34-36,42,51H,12,16,19,21,23-25H2,1-11H3,(H,44,50)/t26-,27-,29+,30-,32+,34-,35+,36-/m0/s1. The third-order valence-electron chi connectivity index (χ3n) is 11.3. The van der Waals surface area contributed by atoms with E-state index in [1.165, 1.54) is 25.9 Å². The van der Waals surface area contributed by atoms with E-state index < -0.39 is 53.2 Å². The number of nitrogens with one attached hydrogen (secondary N) is 2. The van der Waals surface area contributed by atoms with Crippen molar-refractivity contribution in [3.8, 4) is 0 Å². The number of benzene rings is 1. The van der Waals surface area contributed by atoms with Crippen LogP contribution in [-0.4, -0.2) is 120 Å². The second kappa shape index (κ2) is 20.1. The molecule has 12 nitrogen and oxygen atoms in total. The van der Waals surface area contributed by atoms with Crippen LogP contribution < -0.4 is 10.6 Å². The van der Waals surface area contributed by atoms with Crippen LogP contribution >= 0.6 is 11.3 Å². The molecule has 0 spiro atoms. The first kappa shape index (κ1) is 45.2. The Hall–Kier alpha value is -3.23. The van der Waals surface area contributed by atoms with Crippen LogP contribution in [0.3, 0.4) is 0 Å². The van der Waals surface area contributed by atoms with Crippen molar-refractivity contribution in [3.05, 3.63) is 52.5 Å². The summed E-state index contributed by atoms with van der Waals surface area (Å²) in [6, 6.07) is 7.99. The summed E-state index contributed by atoms with van der Waals surface area (Å²) in [5.41, 5.74) is -1.43. The largest absolute Gasteiger partial charge is 0.388 e. The average Bonchev–Trinajstić information content (AvgIpc) is 3.86. The fourth-order valence-electron chi connectivity index (χ4n) is 7.52. The third kappa shape index (κ3) is 11.4. The Balaban J connectivity index is 1.81. The summed E-state index contributed by atoms with van der Waals surface area (Å²) in [7, 11) is 6.42. The number of rotatable bonds is 21. The van der Waals surface area contributed by atoms with E-state index in [-0.39, 0.29) is 36.0 Å². The number of aromatic nitrogens is 1. The summed E-state index contributed by atoms with van der Waals surface area (Å²) in [6.45, 7) is 12.8. The first-order valence-electron chi connectivity index (χ1n) is 19.2. The van der Waals surface area contributed by atoms with Crippen molar-refractivity contribution in [2.24, 2.45) is 11.8 Å². The molecule has 3 rings (SSSR count). The van der Waals surface area contributed by atoms with Gasteiger partial charge in [-0.3, -0.25) is 19.2 Å². The second-order valence-corrected chi connectivity index (χ2v) is 16.9. The number of hydrogen-bond donors (Lipinski definition) is 3. The molecule has 1 saturated heterocycles. The predicted octanol–water partition coefficient (Wildman–Crippen LogP) is 4.60. The van der Waals surface area contributed by atoms with Gasteiger partial charge in [0.2, 0.25) is 17.7 Å². The zero-order valence-electron chi connectivity index (χ0n) is 34.3. The first-order chi connectivity index (χ1) is 25.4. The number of carbonyl (C=O) groups excluding carboxylic acids is 4. The van der Waals surface area contributed by atoms with E-state index in [1.54, 1.807) is 52.6 Å². The minimum atomic E-state index is -1.59. The number of hydrogen-bond acceptors (Lipinski definition) is 10. The van der Waals surface area contributed by atoms with Crippen molar-refractivity contribution >= 4 is 34.8 Å². The molecule has 1 aliphatic heterocycles. The Morgan fingerprint density at radius 1 is 1.07 bits per heavy atom. The lowest BCUT2D eigenvalue weighted by molar-refractivity contribution is -0.151. The first-order valence-corrected chi connectivity index (χ1v) is 20.1. The van der Waals surface area contributed by atoms with Crippen LogP contribution in [-0.2, 0) is 35.1 Å². The number of likely N-dealkylation sites (N-methyl/N-ethyl adjacent to an activating group) is 2. The highest BCUT2D eigenvalue weighted by Gasteiger charge is 2.45. The topological polar surface area (TPSA) is 150 Å². The van der Waals surface area contributed by atoms with Gasteiger partial charge >= 0.3 is 0 Å². The van der Waals surface area contributed by atoms with Gasteiger partial charge in [0.15, 0.2) is 0 Å². The lowest BCUT2D eigenvalue weighted by Crippen LogP contribution is -2.65. The molecule has 0 aliphatic carbocycles. The van der Waals surface area contributed by atoms with Gasteiger partial charge in [-0.1, -0.05) is 57.5 Å². The quantitative estimate of drug-likeness (QED) is 0.166. The zero-order valence-corrected chi connectivity index (χ0v) is 35.1. The van der Waals surface area contributed by atoms with Gasteiger partial charge in [-0.25, -0.2) is 4.98 Å². The summed E-state index contributed by atoms with van der Waals surface area (Å²) in [5, 5.41) is 19.6. The molecular formula is C41H65N5O7S. The van der Waals surface area contributed by atoms with Crippen molar-refractivity contribution in [1.29, 1.82) is 0 Å². The Morgan fingerprint density at radius 3 is 2.28 bits per heavy atom. The van der Waals surface area contributed by atoms with Gasteiger partial charge in [0, 0.05) is 57.6 Å². The Bertz CT molecular complexity index is 1500. The second-order valence-electron chi connectivity index (χ2n) is 16.0. The predicted molar refractivity (Wildman–Crippen MR) is 212 cm³/mol. The molecule has 0 unspecified atom stereocenters. The molecule has 1 aromatic carbocycles. The maximum absolute atomic E-state index is 14.3. The van der Waals surface area contributed by atoms with Crippen LogP contribution in [0.25, 0.3) is 0 Å². The summed E-state index contributed by atoms with van der Waals surface area (Å²) in [4.78, 5) is 63.4. The van der Waals surface area contributed by atoms with E-state index in [4.69, 9.17) is 9.47 Å². The van der Waals surface area contributed by atoms with Gasteiger partial charge in [-0.2, -0.15) is 0 Å². The average molecular weight is 772 g/mol. The number of amides is 3. The van der Waals surface area contributed by atoms with Crippen LogP contribution in [0.5, 0.6) is 0 Å². The van der Waals surface area contributed by atoms with Gasteiger partial charge in [0.1, 0.15) is 11.8 Å². The molecule has 1 fully saturated rings. The molecule has 0 saturated carbocycles. The Kier molecular flexibility index (Phi) is 16.8. The van der Waals surface area contributed by atoms with Crippen molar-refractivity contribution in [1.82, 2.24) is 25.4 Å². The number of methoxy groups -OCH3 is 2. The van der Waals surface area contributed by atoms with Crippen molar-refractivity contribution in [2.75, 3.05) is 34.9 Å². The number of likely N-dealkylation sites (tertiary alicyclic amines) is 1. The van der Waals surface area contributed by atoms with E-state index in [1.807, 2.05) is 49.3 Å². The van der Waals surface area contributed by atoms with Crippen molar-refractivity contribution in [3.63, 3.8) is 0 Å². The third-order valence-corrected chi connectivity index (χ3v) is 12.3. The van der Waals surface area contributed by atoms with Crippen LogP contribution in [0.4, 0.5) is 0 Å². The summed E-state index contributed by atoms with van der Waals surface area (Å²) in [6.07, 6.45) is 3.73. The maximum atomic E-state index is 14.3. The monoisotopic (exact) mass is 771 g/mol. The fraction of sp³-hybridized carbons (Fsp3) is 0.683. The fourth-order valence-corrected chi connectivity index (χ4v) is 8.26. The minimum Gasteiger partial charge on any atom is -0.388 e. The lowest BCUT2D eigenvalue weighted by atomic mass is 9.85. The van der Waals surface area contributed by atoms with E-state index in [2.05, 4.69) is 27.8 Å². The van der Waals surface area contributed by atoms with Crippen molar-refractivity contribution < 1.29 is 33.8 Å². The molecule has 0 radical (unpaired) electrons. The number of carbonyl (C=O) groups is 4. The van der Waals surface area contributed by atoms with Gasteiger partial charge in [-0.15, -0.1) is 11.3 Å². The molecule has 0 bridgehead atoms. The highest BCUT2D eigenvalue weighted by Crippen LogP contribution is 2.33. The lowest BCUT2D eigenvalue weighted by Gasteiger charge is -2.42. The molecule has 54 heavy (non-hydrogen) atoms. The van der Waals surface area contributed by atoms with Gasteiger partial charge < -0.3 is 35.0 Å². The summed E-state index contributed by atoms with van der Waals surface area (Å²) in [5.74, 6) is -1.64. The van der Waals surface area contributed by atoms with E-state index >= 15 is 0 Å². The zero-order chi connectivity index (χ0) is 40.4. The van der Waals surface area contributed by atoms with Crippen molar-refractivity contribution in [2.45, 2.75) is 134 Å². The molecule has 13 heteroatoms. The number of ketones is 1. The number of nitrogens with zero attached hydrogens (tertiary/aromatic N) is 3. The SMILES string of the molecule is CC[C@H](C)[C@@H]([C@@H](CC(=O)N1CCC[C@H]1[C@H](OC)[C@@H](C)C(=O)C[C@@H](Cc1ccccc1)c1nccs1)OC)N(C)C(=O)[C@H](NC(=O)C(C)(C)NC)C(C)(C)O. The van der Waals surface area contributed by atoms with Gasteiger partial charge in [-0.05, 0) is 65.5 Å². The van der Waals surface area contributed by atoms with Gasteiger partial charge in [0.05, 0.1) is 46.9 Å². The molecule has 1 aromatic heterocycles. The Labute approximate surface area is 326 Å². The number of aliphatic hydroxyl groups is 1. The summed E-state index contributed by atoms with van der Waals surface area (Å²) < 4.78 is 12.0. The highest BCUT2D eigenvalue weighted by atomic mass is 32.1. The van der Waals surface area contributed by atoms with E-state index in [9.17, 15) is 24.3 Å². The van der Waals surface area contributed by atoms with Crippen LogP contribution in [0, 0.1) is 11.8 Å². The van der Waals surface area contributed by atoms with Crippen LogP contribution in [0.1, 0.15) is 97.1 Å². The number of Topliss-reactive ketones (excluding diaryl/α,β-unsaturated/α-hetero) is 1. The molecule has 2 aromatic rings. The molecule has 1 aliphatic rings. The number of thiazole rings is 1. The Morgan fingerprint density at radius 2 is 1.74 bits per heavy atom. The maximum Gasteiger partial charge on any atom is 0.248 e. The molecule has 2 heterocycles. The molecule has 8 atom stereocenters. The minimum absolute atomic E-state index is 0.00604. The van der Waals surface area contributed by atoms with E-state index in [0.29, 0.717) is 32.2 Å². The smallest absolute Gasteiger partial charge is 0.248 e. The normalized spacial score (nSPS) is 19.0.